The van der Waals surface area contributed by atoms with Gasteiger partial charge in [0.25, 0.3) is 0 Å². The van der Waals surface area contributed by atoms with E-state index in [2.05, 4.69) is 6.08 Å². The van der Waals surface area contributed by atoms with E-state index in [4.69, 9.17) is 28.4 Å². The second-order valence-corrected chi connectivity index (χ2v) is 8.70. The molecular formula is C30H38O7. The van der Waals surface area contributed by atoms with Gasteiger partial charge in [0.1, 0.15) is 29.4 Å². The standard InChI is InChI=1S/C30H38O7/c1-19(2)10-12-22-24(32-5)18-25(33-6)28(29(22)37-15-14-20(3)4)23(31)13-11-21-16-26(34-7)30(36-9)27(17-21)35-8/h10-11,13-14,16-18H,12,15H2,1-9H3/b13-11+. The summed E-state index contributed by atoms with van der Waals surface area (Å²) in [4.78, 5) is 13.6. The van der Waals surface area contributed by atoms with Gasteiger partial charge in [-0.2, -0.15) is 0 Å². The maximum atomic E-state index is 13.6. The Balaban J connectivity index is 2.66. The quantitative estimate of drug-likeness (QED) is 0.173. The molecule has 0 fully saturated rings. The number of carbonyl (C=O) groups excluding carboxylic acids is 1. The third-order valence-corrected chi connectivity index (χ3v) is 5.54. The van der Waals surface area contributed by atoms with Crippen LogP contribution in [-0.2, 0) is 6.42 Å². The molecular weight excluding hydrogens is 472 g/mol. The molecule has 0 saturated carbocycles. The van der Waals surface area contributed by atoms with Crippen molar-refractivity contribution in [2.24, 2.45) is 0 Å². The Morgan fingerprint density at radius 2 is 1.27 bits per heavy atom. The van der Waals surface area contributed by atoms with Gasteiger partial charge in [0.15, 0.2) is 17.3 Å². The molecule has 0 heterocycles. The van der Waals surface area contributed by atoms with Crippen LogP contribution in [0.2, 0.25) is 0 Å². The van der Waals surface area contributed by atoms with Gasteiger partial charge in [-0.1, -0.05) is 23.3 Å². The molecule has 0 N–H and O–H groups in total. The molecule has 0 aliphatic carbocycles. The first-order chi connectivity index (χ1) is 17.7. The highest BCUT2D eigenvalue weighted by molar-refractivity contribution is 6.11. The predicted octanol–water partition coefficient (Wildman–Crippen LogP) is 6.48. The Hall–Kier alpha value is -3.87. The number of hydrogen-bond donors (Lipinski definition) is 0. The van der Waals surface area contributed by atoms with Crippen molar-refractivity contribution in [3.05, 3.63) is 64.3 Å². The second-order valence-electron chi connectivity index (χ2n) is 8.70. The van der Waals surface area contributed by atoms with Gasteiger partial charge < -0.3 is 28.4 Å². The maximum Gasteiger partial charge on any atom is 0.203 e. The van der Waals surface area contributed by atoms with Gasteiger partial charge in [-0.05, 0) is 64.0 Å². The van der Waals surface area contributed by atoms with Crippen LogP contribution in [-0.4, -0.2) is 47.9 Å². The first kappa shape index (κ1) is 29.4. The third-order valence-electron chi connectivity index (χ3n) is 5.54. The Kier molecular flexibility index (Phi) is 11.1. The fourth-order valence-electron chi connectivity index (χ4n) is 3.63. The summed E-state index contributed by atoms with van der Waals surface area (Å²) in [7, 11) is 7.74. The average molecular weight is 511 g/mol. The number of methoxy groups -OCH3 is 5. The van der Waals surface area contributed by atoms with E-state index in [1.54, 1.807) is 52.7 Å². The molecule has 0 atom stereocenters. The molecule has 0 aliphatic rings. The van der Waals surface area contributed by atoms with E-state index in [-0.39, 0.29) is 5.78 Å². The van der Waals surface area contributed by atoms with E-state index in [0.29, 0.717) is 58.7 Å². The van der Waals surface area contributed by atoms with Crippen LogP contribution in [0.15, 0.2) is 47.6 Å². The molecule has 2 rings (SSSR count). The number of hydrogen-bond acceptors (Lipinski definition) is 7. The van der Waals surface area contributed by atoms with Gasteiger partial charge in [0.2, 0.25) is 5.75 Å². The first-order valence-electron chi connectivity index (χ1n) is 11.9. The minimum atomic E-state index is -0.279. The van der Waals surface area contributed by atoms with Crippen molar-refractivity contribution in [2.75, 3.05) is 42.2 Å². The highest BCUT2D eigenvalue weighted by Gasteiger charge is 2.24. The molecule has 37 heavy (non-hydrogen) atoms. The van der Waals surface area contributed by atoms with Gasteiger partial charge in [0.05, 0.1) is 35.5 Å². The topological polar surface area (TPSA) is 72.5 Å². The zero-order valence-corrected chi connectivity index (χ0v) is 23.3. The van der Waals surface area contributed by atoms with Crippen LogP contribution in [0.1, 0.15) is 49.2 Å². The maximum absolute atomic E-state index is 13.6. The Morgan fingerprint density at radius 1 is 0.703 bits per heavy atom. The normalized spacial score (nSPS) is 10.5. The zero-order valence-electron chi connectivity index (χ0n) is 23.3. The van der Waals surface area contributed by atoms with E-state index < -0.39 is 0 Å². The number of ether oxygens (including phenoxy) is 6. The smallest absolute Gasteiger partial charge is 0.203 e. The van der Waals surface area contributed by atoms with Crippen LogP contribution in [0.5, 0.6) is 34.5 Å². The lowest BCUT2D eigenvalue weighted by Gasteiger charge is -2.19. The van der Waals surface area contributed by atoms with Crippen molar-refractivity contribution >= 4 is 11.9 Å². The number of allylic oxidation sites excluding steroid dienone is 4. The monoisotopic (exact) mass is 510 g/mol. The highest BCUT2D eigenvalue weighted by Crippen LogP contribution is 2.41. The molecule has 200 valence electrons. The molecule has 0 radical (unpaired) electrons. The summed E-state index contributed by atoms with van der Waals surface area (Å²) in [5, 5.41) is 0. The first-order valence-corrected chi connectivity index (χ1v) is 11.9. The van der Waals surface area contributed by atoms with Gasteiger partial charge in [-0.3, -0.25) is 4.79 Å². The lowest BCUT2D eigenvalue weighted by Crippen LogP contribution is -2.09. The van der Waals surface area contributed by atoms with Crippen molar-refractivity contribution in [1.82, 2.24) is 0 Å². The summed E-state index contributed by atoms with van der Waals surface area (Å²) in [6.07, 6.45) is 7.72. The van der Waals surface area contributed by atoms with Crippen LogP contribution in [0, 0.1) is 0 Å². The second kappa shape index (κ2) is 14.0. The van der Waals surface area contributed by atoms with Crippen molar-refractivity contribution < 1.29 is 33.2 Å². The summed E-state index contributed by atoms with van der Waals surface area (Å²) in [5.41, 5.74) is 4.05. The zero-order chi connectivity index (χ0) is 27.5. The summed E-state index contributed by atoms with van der Waals surface area (Å²) < 4.78 is 33.7. The van der Waals surface area contributed by atoms with Gasteiger partial charge in [-0.25, -0.2) is 0 Å². The van der Waals surface area contributed by atoms with E-state index in [1.165, 1.54) is 13.2 Å². The van der Waals surface area contributed by atoms with Crippen LogP contribution in [0.4, 0.5) is 0 Å². The highest BCUT2D eigenvalue weighted by atomic mass is 16.5. The fraction of sp³-hybridized carbons (Fsp3) is 0.367. The van der Waals surface area contributed by atoms with Crippen molar-refractivity contribution in [1.29, 1.82) is 0 Å². The molecule has 0 aromatic heterocycles. The lowest BCUT2D eigenvalue weighted by molar-refractivity contribution is 0.104. The van der Waals surface area contributed by atoms with Crippen LogP contribution >= 0.6 is 0 Å². The van der Waals surface area contributed by atoms with Crippen LogP contribution in [0.3, 0.4) is 0 Å². The summed E-state index contributed by atoms with van der Waals surface area (Å²) in [6.45, 7) is 8.33. The van der Waals surface area contributed by atoms with Crippen LogP contribution < -0.4 is 28.4 Å². The molecule has 7 heteroatoms. The minimum Gasteiger partial charge on any atom is -0.496 e. The molecule has 0 spiro atoms. The molecule has 0 amide bonds. The van der Waals surface area contributed by atoms with Gasteiger partial charge in [-0.15, -0.1) is 0 Å². The molecule has 0 bridgehead atoms. The molecule has 2 aromatic carbocycles. The van der Waals surface area contributed by atoms with Gasteiger partial charge in [0, 0.05) is 11.6 Å². The molecule has 0 saturated heterocycles. The SMILES string of the molecule is COc1cc(OC)c(C(=O)/C=C/c2cc(OC)c(OC)c(OC)c2)c(OCC=C(C)C)c1CC=C(C)C. The van der Waals surface area contributed by atoms with Crippen molar-refractivity contribution in [3.8, 4) is 34.5 Å². The third kappa shape index (κ3) is 7.56. The van der Waals surface area contributed by atoms with Gasteiger partial charge >= 0.3 is 0 Å². The lowest BCUT2D eigenvalue weighted by atomic mass is 9.98. The Bertz CT molecular complexity index is 1160. The van der Waals surface area contributed by atoms with E-state index in [0.717, 1.165) is 16.7 Å². The summed E-state index contributed by atoms with van der Waals surface area (Å²) in [5.74, 6) is 2.57. The average Bonchev–Trinajstić information content (AvgIpc) is 2.88. The van der Waals surface area contributed by atoms with E-state index in [9.17, 15) is 4.79 Å². The Labute approximate surface area is 220 Å². The van der Waals surface area contributed by atoms with Crippen LogP contribution in [0.25, 0.3) is 6.08 Å². The number of rotatable bonds is 13. The molecule has 7 nitrogen and oxygen atoms in total. The van der Waals surface area contributed by atoms with E-state index in [1.807, 2.05) is 33.8 Å². The van der Waals surface area contributed by atoms with E-state index >= 15 is 0 Å². The Morgan fingerprint density at radius 3 is 1.76 bits per heavy atom. The predicted molar refractivity (Wildman–Crippen MR) is 147 cm³/mol. The number of carbonyl (C=O) groups is 1. The van der Waals surface area contributed by atoms with Crippen molar-refractivity contribution in [3.63, 3.8) is 0 Å². The molecule has 2 aromatic rings. The van der Waals surface area contributed by atoms with Crippen molar-refractivity contribution in [2.45, 2.75) is 34.1 Å². The summed E-state index contributed by atoms with van der Waals surface area (Å²) >= 11 is 0. The molecule has 0 unspecified atom stereocenters. The molecule has 0 aliphatic heterocycles. The fourth-order valence-corrected chi connectivity index (χ4v) is 3.63. The summed E-state index contributed by atoms with van der Waals surface area (Å²) in [6, 6.07) is 5.26. The largest absolute Gasteiger partial charge is 0.496 e. The minimum absolute atomic E-state index is 0.279. The number of benzene rings is 2. The number of ketones is 1.